The number of aromatic nitrogens is 1. The molecule has 0 bridgehead atoms. The van der Waals surface area contributed by atoms with E-state index in [9.17, 15) is 4.79 Å². The predicted octanol–water partition coefficient (Wildman–Crippen LogP) is -0.940. The number of aliphatic hydroxyl groups excluding tert-OH is 2. The van der Waals surface area contributed by atoms with Crippen LogP contribution < -0.4 is 5.76 Å². The summed E-state index contributed by atoms with van der Waals surface area (Å²) in [6.07, 6.45) is 0.0609. The zero-order chi connectivity index (χ0) is 8.27. The third-order valence-electron chi connectivity index (χ3n) is 1.13. The van der Waals surface area contributed by atoms with Crippen molar-refractivity contribution in [1.82, 2.24) is 4.98 Å². The molecule has 0 spiro atoms. The average molecular weight is 157 g/mol. The van der Waals surface area contributed by atoms with Gasteiger partial charge in [-0.25, -0.2) is 4.79 Å². The molecule has 2 N–H and O–H groups in total. The molecule has 11 heavy (non-hydrogen) atoms. The Morgan fingerprint density at radius 3 is 3.00 bits per heavy atom. The first-order chi connectivity index (χ1) is 5.24. The van der Waals surface area contributed by atoms with Crippen LogP contribution in [0.1, 0.15) is 11.9 Å². The van der Waals surface area contributed by atoms with Crippen molar-refractivity contribution in [3.05, 3.63) is 28.6 Å². The van der Waals surface area contributed by atoms with E-state index < -0.39 is 18.5 Å². The third-order valence-corrected chi connectivity index (χ3v) is 1.13. The minimum absolute atomic E-state index is 0.0208. The SMILES string of the molecule is O=c1nccc([C@H](O)CO)o1. The van der Waals surface area contributed by atoms with Gasteiger partial charge in [0.05, 0.1) is 6.61 Å². The maximum atomic E-state index is 10.4. The van der Waals surface area contributed by atoms with Crippen molar-refractivity contribution in [2.45, 2.75) is 6.10 Å². The summed E-state index contributed by atoms with van der Waals surface area (Å²) in [4.78, 5) is 13.7. The molecule has 1 aromatic rings. The number of hydrogen-bond donors (Lipinski definition) is 2. The molecule has 5 nitrogen and oxygen atoms in total. The molecule has 0 aromatic carbocycles. The van der Waals surface area contributed by atoms with Crippen LogP contribution in [0.2, 0.25) is 0 Å². The van der Waals surface area contributed by atoms with Crippen LogP contribution in [0.5, 0.6) is 0 Å². The van der Waals surface area contributed by atoms with Crippen LogP contribution in [0.25, 0.3) is 0 Å². The van der Waals surface area contributed by atoms with Gasteiger partial charge in [0.1, 0.15) is 11.9 Å². The maximum absolute atomic E-state index is 10.4. The Labute approximate surface area is 61.9 Å². The topological polar surface area (TPSA) is 83.6 Å². The van der Waals surface area contributed by atoms with E-state index in [0.717, 1.165) is 0 Å². The Bertz CT molecular complexity index is 282. The van der Waals surface area contributed by atoms with Crippen LogP contribution in [-0.4, -0.2) is 21.8 Å². The van der Waals surface area contributed by atoms with Crippen LogP contribution in [-0.2, 0) is 0 Å². The van der Waals surface area contributed by atoms with E-state index in [4.69, 9.17) is 10.2 Å². The summed E-state index contributed by atoms with van der Waals surface area (Å²) in [5, 5.41) is 17.4. The standard InChI is InChI=1S/C6H7NO4/c8-3-4(9)5-1-2-7-6(10)11-5/h1-2,4,8-9H,3H2/t4-/m1/s1. The molecule has 0 aliphatic rings. The lowest BCUT2D eigenvalue weighted by molar-refractivity contribution is 0.0739. The molecule has 0 aliphatic carbocycles. The lowest BCUT2D eigenvalue weighted by Gasteiger charge is -2.02. The number of nitrogens with zero attached hydrogens (tertiary/aromatic N) is 1. The summed E-state index contributed by atoms with van der Waals surface area (Å²) >= 11 is 0. The van der Waals surface area contributed by atoms with Crippen molar-refractivity contribution in [2.24, 2.45) is 0 Å². The van der Waals surface area contributed by atoms with Crippen LogP contribution in [0.3, 0.4) is 0 Å². The maximum Gasteiger partial charge on any atom is 0.438 e. The van der Waals surface area contributed by atoms with E-state index in [2.05, 4.69) is 9.40 Å². The van der Waals surface area contributed by atoms with E-state index in [1.54, 1.807) is 0 Å². The second-order valence-electron chi connectivity index (χ2n) is 1.91. The predicted molar refractivity (Wildman–Crippen MR) is 34.8 cm³/mol. The normalized spacial score (nSPS) is 12.9. The highest BCUT2D eigenvalue weighted by Crippen LogP contribution is 2.06. The van der Waals surface area contributed by atoms with Gasteiger partial charge in [0.2, 0.25) is 0 Å². The van der Waals surface area contributed by atoms with Gasteiger partial charge in [-0.3, -0.25) is 0 Å². The van der Waals surface area contributed by atoms with Gasteiger partial charge < -0.3 is 14.6 Å². The molecule has 5 heteroatoms. The highest BCUT2D eigenvalue weighted by molar-refractivity contribution is 4.96. The lowest BCUT2D eigenvalue weighted by atomic mass is 10.3. The van der Waals surface area contributed by atoms with Gasteiger partial charge in [-0.05, 0) is 6.07 Å². The molecule has 0 unspecified atom stereocenters. The Balaban J connectivity index is 2.96. The smallest absolute Gasteiger partial charge is 0.410 e. The van der Waals surface area contributed by atoms with E-state index in [0.29, 0.717) is 0 Å². The van der Waals surface area contributed by atoms with Crippen LogP contribution in [0.4, 0.5) is 0 Å². The molecule has 0 radical (unpaired) electrons. The number of hydrogen-bond acceptors (Lipinski definition) is 5. The van der Waals surface area contributed by atoms with Gasteiger partial charge >= 0.3 is 5.76 Å². The van der Waals surface area contributed by atoms with Gasteiger partial charge in [0.25, 0.3) is 0 Å². The fraction of sp³-hybridized carbons (Fsp3) is 0.333. The van der Waals surface area contributed by atoms with Gasteiger partial charge in [-0.1, -0.05) is 0 Å². The van der Waals surface area contributed by atoms with Crippen LogP contribution in [0.15, 0.2) is 21.5 Å². The summed E-state index contributed by atoms with van der Waals surface area (Å²) in [7, 11) is 0. The highest BCUT2D eigenvalue weighted by atomic mass is 16.4. The highest BCUT2D eigenvalue weighted by Gasteiger charge is 2.07. The zero-order valence-corrected chi connectivity index (χ0v) is 5.60. The van der Waals surface area contributed by atoms with Crippen molar-refractivity contribution < 1.29 is 14.6 Å². The van der Waals surface area contributed by atoms with Gasteiger partial charge in [-0.15, -0.1) is 0 Å². The van der Waals surface area contributed by atoms with Crippen molar-refractivity contribution >= 4 is 0 Å². The van der Waals surface area contributed by atoms with E-state index in [-0.39, 0.29) is 5.76 Å². The molecule has 0 saturated carbocycles. The van der Waals surface area contributed by atoms with Crippen molar-refractivity contribution in [3.8, 4) is 0 Å². The number of aliphatic hydroxyl groups is 2. The molecule has 1 aromatic heterocycles. The molecule has 0 saturated heterocycles. The molecule has 0 fully saturated rings. The van der Waals surface area contributed by atoms with Crippen molar-refractivity contribution in [1.29, 1.82) is 0 Å². The molecular weight excluding hydrogens is 150 g/mol. The first-order valence-electron chi connectivity index (χ1n) is 2.99. The lowest BCUT2D eigenvalue weighted by Crippen LogP contribution is -2.09. The van der Waals surface area contributed by atoms with Crippen molar-refractivity contribution in [2.75, 3.05) is 6.61 Å². The van der Waals surface area contributed by atoms with Gasteiger partial charge in [0, 0.05) is 6.20 Å². The molecule has 1 atom stereocenters. The van der Waals surface area contributed by atoms with E-state index in [1.807, 2.05) is 0 Å². The minimum atomic E-state index is -1.15. The zero-order valence-electron chi connectivity index (χ0n) is 5.60. The molecule has 0 aliphatic heterocycles. The quantitative estimate of drug-likeness (QED) is 0.578. The Morgan fingerprint density at radius 1 is 1.73 bits per heavy atom. The van der Waals surface area contributed by atoms with E-state index in [1.165, 1.54) is 12.3 Å². The first-order valence-corrected chi connectivity index (χ1v) is 2.99. The minimum Gasteiger partial charge on any atom is -0.410 e. The van der Waals surface area contributed by atoms with Gasteiger partial charge in [-0.2, -0.15) is 4.98 Å². The second kappa shape index (κ2) is 3.27. The molecular formula is C6H7NO4. The Hall–Kier alpha value is -1.20. The monoisotopic (exact) mass is 157 g/mol. The van der Waals surface area contributed by atoms with Crippen LogP contribution in [0, 0.1) is 0 Å². The summed E-state index contributed by atoms with van der Waals surface area (Å²) < 4.78 is 4.45. The molecule has 1 rings (SSSR count). The Kier molecular flexibility index (Phi) is 2.35. The number of rotatable bonds is 2. The summed E-state index contributed by atoms with van der Waals surface area (Å²) in [5.74, 6) is -0.762. The third kappa shape index (κ3) is 1.86. The molecule has 60 valence electrons. The largest absolute Gasteiger partial charge is 0.438 e. The molecule has 0 amide bonds. The second-order valence-corrected chi connectivity index (χ2v) is 1.91. The molecule has 1 heterocycles. The van der Waals surface area contributed by atoms with Crippen molar-refractivity contribution in [3.63, 3.8) is 0 Å². The summed E-state index contributed by atoms with van der Waals surface area (Å²) in [6.45, 7) is -0.479. The van der Waals surface area contributed by atoms with Crippen LogP contribution >= 0.6 is 0 Å². The van der Waals surface area contributed by atoms with Gasteiger partial charge in [0.15, 0.2) is 0 Å². The summed E-state index contributed by atoms with van der Waals surface area (Å²) in [5.41, 5.74) is 0. The summed E-state index contributed by atoms with van der Waals surface area (Å²) in [6, 6.07) is 1.32. The van der Waals surface area contributed by atoms with E-state index >= 15 is 0 Å². The fourth-order valence-electron chi connectivity index (χ4n) is 0.602. The Morgan fingerprint density at radius 2 is 2.45 bits per heavy atom. The average Bonchev–Trinajstić information content (AvgIpc) is 2.03. The first kappa shape index (κ1) is 7.90. The fourth-order valence-corrected chi connectivity index (χ4v) is 0.602.